The largest absolute Gasteiger partial charge is 1.00 e. The van der Waals surface area contributed by atoms with Crippen LogP contribution in [0, 0.1) is 0 Å². The van der Waals surface area contributed by atoms with Gasteiger partial charge in [0.1, 0.15) is 10.1 Å². The van der Waals surface area contributed by atoms with Crippen LogP contribution in [0.25, 0.3) is 10.8 Å². The monoisotopic (exact) mass is 454 g/mol. The van der Waals surface area contributed by atoms with E-state index in [-0.39, 0.29) is 34.5 Å². The first-order chi connectivity index (χ1) is 14.5. The number of benzene rings is 2. The Balaban J connectivity index is 0.00000480. The smallest absolute Gasteiger partial charge is 0.744 e. The maximum Gasteiger partial charge on any atom is 1.00 e. The van der Waals surface area contributed by atoms with Crippen LogP contribution in [0.4, 0.5) is 0 Å². The number of unbranched alkanes of at least 4 members (excludes halogenated alkanes) is 10. The zero-order valence-corrected chi connectivity index (χ0v) is 22.7. The van der Waals surface area contributed by atoms with E-state index in [2.05, 4.69) is 26.0 Å². The molecule has 0 bridgehead atoms. The SMILES string of the molecule is CCCCCCCCc1cc(CCCCCCCC)c2c(S(=O)(=O)[O-])cccc2c1.[Na+]. The van der Waals surface area contributed by atoms with Crippen molar-refractivity contribution in [2.45, 2.75) is 109 Å². The van der Waals surface area contributed by atoms with Gasteiger partial charge in [-0.05, 0) is 48.3 Å². The standard InChI is InChI=1S/C26H40O3S.Na/c1-3-5-7-9-11-13-16-22-20-23(17-14-12-10-8-6-4-2)26-24(21-22)18-15-19-25(26)30(27,28)29;/h15,18-21H,3-14,16-17H2,1-2H3,(H,27,28,29);/q;+1/p-1. The summed E-state index contributed by atoms with van der Waals surface area (Å²) in [5.41, 5.74) is 2.29. The number of hydrogen-bond donors (Lipinski definition) is 0. The molecule has 0 aliphatic carbocycles. The molecule has 2 aromatic carbocycles. The summed E-state index contributed by atoms with van der Waals surface area (Å²) >= 11 is 0. The molecular formula is C26H39NaO3S. The van der Waals surface area contributed by atoms with Gasteiger partial charge in [0.25, 0.3) is 0 Å². The van der Waals surface area contributed by atoms with Crippen LogP contribution in [0.1, 0.15) is 102 Å². The summed E-state index contributed by atoms with van der Waals surface area (Å²) in [4.78, 5) is -0.0629. The van der Waals surface area contributed by atoms with Crippen molar-refractivity contribution in [3.8, 4) is 0 Å². The maximum atomic E-state index is 11.9. The molecule has 0 N–H and O–H groups in total. The van der Waals surface area contributed by atoms with Crippen LogP contribution in [0.2, 0.25) is 0 Å². The first-order valence-electron chi connectivity index (χ1n) is 12.0. The quantitative estimate of drug-likeness (QED) is 0.225. The molecule has 0 aliphatic heterocycles. The predicted molar refractivity (Wildman–Crippen MR) is 126 cm³/mol. The van der Waals surface area contributed by atoms with E-state index >= 15 is 0 Å². The fourth-order valence-electron chi connectivity index (χ4n) is 4.30. The average Bonchev–Trinajstić information content (AvgIpc) is 2.71. The van der Waals surface area contributed by atoms with E-state index in [1.165, 1.54) is 69.4 Å². The van der Waals surface area contributed by atoms with Gasteiger partial charge in [-0.1, -0.05) is 102 Å². The number of rotatable bonds is 15. The molecule has 0 radical (unpaired) electrons. The molecule has 0 aromatic heterocycles. The van der Waals surface area contributed by atoms with Crippen LogP contribution in [-0.4, -0.2) is 13.0 Å². The Hall–Kier alpha value is -0.390. The fraction of sp³-hybridized carbons (Fsp3) is 0.615. The van der Waals surface area contributed by atoms with Crippen molar-refractivity contribution < 1.29 is 42.5 Å². The molecule has 0 spiro atoms. The molecule has 0 atom stereocenters. The molecule has 168 valence electrons. The summed E-state index contributed by atoms with van der Waals surface area (Å²) in [5, 5.41) is 1.53. The molecule has 0 heterocycles. The second kappa shape index (κ2) is 15.4. The number of fused-ring (bicyclic) bond motifs is 1. The Bertz CT molecular complexity index is 878. The van der Waals surface area contributed by atoms with Crippen molar-refractivity contribution in [1.82, 2.24) is 0 Å². The second-order valence-corrected chi connectivity index (χ2v) is 9.95. The van der Waals surface area contributed by atoms with Crippen LogP contribution in [-0.2, 0) is 23.0 Å². The van der Waals surface area contributed by atoms with Crippen molar-refractivity contribution in [2.24, 2.45) is 0 Å². The van der Waals surface area contributed by atoms with Gasteiger partial charge in [-0.3, -0.25) is 0 Å². The van der Waals surface area contributed by atoms with Crippen LogP contribution in [0.5, 0.6) is 0 Å². The molecule has 0 amide bonds. The minimum atomic E-state index is -4.49. The molecular weight excluding hydrogens is 415 g/mol. The van der Waals surface area contributed by atoms with E-state index in [1.54, 1.807) is 6.07 Å². The third-order valence-corrected chi connectivity index (χ3v) is 6.85. The third kappa shape index (κ3) is 9.96. The molecule has 0 unspecified atom stereocenters. The zero-order valence-electron chi connectivity index (χ0n) is 19.9. The first-order valence-corrected chi connectivity index (χ1v) is 13.4. The van der Waals surface area contributed by atoms with E-state index in [9.17, 15) is 13.0 Å². The molecule has 31 heavy (non-hydrogen) atoms. The Kier molecular flexibility index (Phi) is 14.3. The van der Waals surface area contributed by atoms with Gasteiger partial charge in [-0.2, -0.15) is 0 Å². The van der Waals surface area contributed by atoms with E-state index in [4.69, 9.17) is 0 Å². The van der Waals surface area contributed by atoms with Crippen molar-refractivity contribution in [3.05, 3.63) is 41.5 Å². The van der Waals surface area contributed by atoms with Crippen LogP contribution < -0.4 is 29.6 Å². The summed E-state index contributed by atoms with van der Waals surface area (Å²) in [7, 11) is -4.49. The van der Waals surface area contributed by atoms with Gasteiger partial charge in [0.05, 0.1) is 4.90 Å². The maximum absolute atomic E-state index is 11.9. The first kappa shape index (κ1) is 28.6. The van der Waals surface area contributed by atoms with Gasteiger partial charge in [-0.25, -0.2) is 8.42 Å². The Morgan fingerprint density at radius 2 is 1.29 bits per heavy atom. The molecule has 0 fully saturated rings. The van der Waals surface area contributed by atoms with Gasteiger partial charge in [0.2, 0.25) is 0 Å². The van der Waals surface area contributed by atoms with Gasteiger partial charge in [-0.15, -0.1) is 0 Å². The van der Waals surface area contributed by atoms with E-state index < -0.39 is 10.1 Å². The summed E-state index contributed by atoms with van der Waals surface area (Å²) in [5.74, 6) is 0. The van der Waals surface area contributed by atoms with Crippen LogP contribution in [0.3, 0.4) is 0 Å². The normalized spacial score (nSPS) is 11.6. The molecule has 2 aromatic rings. The molecule has 3 nitrogen and oxygen atoms in total. The fourth-order valence-corrected chi connectivity index (χ4v) is 5.05. The Morgan fingerprint density at radius 3 is 1.87 bits per heavy atom. The molecule has 5 heteroatoms. The van der Waals surface area contributed by atoms with E-state index in [0.717, 1.165) is 43.1 Å². The topological polar surface area (TPSA) is 57.2 Å². The molecule has 0 saturated carbocycles. The van der Waals surface area contributed by atoms with Crippen molar-refractivity contribution in [1.29, 1.82) is 0 Å². The van der Waals surface area contributed by atoms with Gasteiger partial charge < -0.3 is 4.55 Å². The summed E-state index contributed by atoms with van der Waals surface area (Å²) < 4.78 is 35.6. The molecule has 0 saturated heterocycles. The third-order valence-electron chi connectivity index (χ3n) is 5.97. The van der Waals surface area contributed by atoms with E-state index in [0.29, 0.717) is 5.39 Å². The molecule has 2 rings (SSSR count). The average molecular weight is 455 g/mol. The summed E-state index contributed by atoms with van der Waals surface area (Å²) in [6.07, 6.45) is 16.6. The Labute approximate surface area is 212 Å². The Morgan fingerprint density at radius 1 is 0.742 bits per heavy atom. The minimum absolute atomic E-state index is 0. The van der Waals surface area contributed by atoms with Crippen molar-refractivity contribution in [3.63, 3.8) is 0 Å². The van der Waals surface area contributed by atoms with Crippen LogP contribution >= 0.6 is 0 Å². The second-order valence-electron chi connectivity index (χ2n) is 8.60. The van der Waals surface area contributed by atoms with Crippen LogP contribution in [0.15, 0.2) is 35.2 Å². The summed E-state index contributed by atoms with van der Waals surface area (Å²) in [6.45, 7) is 4.45. The van der Waals surface area contributed by atoms with E-state index in [1.807, 2.05) is 6.07 Å². The van der Waals surface area contributed by atoms with Gasteiger partial charge >= 0.3 is 29.6 Å². The number of hydrogen-bond acceptors (Lipinski definition) is 3. The predicted octanol–water partition coefficient (Wildman–Crippen LogP) is 4.55. The molecule has 0 aliphatic rings. The van der Waals surface area contributed by atoms with Gasteiger partial charge in [0.15, 0.2) is 0 Å². The number of aryl methyl sites for hydroxylation is 2. The van der Waals surface area contributed by atoms with Gasteiger partial charge in [0, 0.05) is 5.39 Å². The summed E-state index contributed by atoms with van der Waals surface area (Å²) in [6, 6.07) is 9.34. The van der Waals surface area contributed by atoms with Crippen molar-refractivity contribution in [2.75, 3.05) is 0 Å². The minimum Gasteiger partial charge on any atom is -0.744 e. The van der Waals surface area contributed by atoms with Crippen molar-refractivity contribution >= 4 is 20.9 Å². The zero-order chi connectivity index (χ0) is 21.8.